The van der Waals surface area contributed by atoms with E-state index in [2.05, 4.69) is 5.32 Å². The third-order valence-corrected chi connectivity index (χ3v) is 2.59. The number of hydrogen-bond donors (Lipinski definition) is 1. The molecule has 0 aromatic heterocycles. The van der Waals surface area contributed by atoms with Crippen molar-refractivity contribution in [2.24, 2.45) is 0 Å². The lowest BCUT2D eigenvalue weighted by molar-refractivity contribution is 0.0619. The Balaban J connectivity index is 2.82. The van der Waals surface area contributed by atoms with Crippen molar-refractivity contribution in [1.29, 1.82) is 0 Å². The maximum Gasteiger partial charge on any atom is 0.146 e. The fourth-order valence-corrected chi connectivity index (χ4v) is 1.59. The molecule has 0 bridgehead atoms. The molecule has 0 spiro atoms. The van der Waals surface area contributed by atoms with E-state index < -0.39 is 0 Å². The van der Waals surface area contributed by atoms with Crippen molar-refractivity contribution in [1.82, 2.24) is 5.32 Å². The van der Waals surface area contributed by atoms with Crippen LogP contribution in [0.15, 0.2) is 18.2 Å². The van der Waals surface area contributed by atoms with Crippen LogP contribution in [0.1, 0.15) is 25.5 Å². The second-order valence-electron chi connectivity index (χ2n) is 3.87. The lowest BCUT2D eigenvalue weighted by atomic mass is 10.1. The predicted molar refractivity (Wildman–Crippen MR) is 64.3 cm³/mol. The second-order valence-corrected chi connectivity index (χ2v) is 4.27. The molecule has 0 saturated carbocycles. The summed E-state index contributed by atoms with van der Waals surface area (Å²) in [6.07, 6.45) is 0.123. The van der Waals surface area contributed by atoms with Crippen LogP contribution in [-0.2, 0) is 4.74 Å². The van der Waals surface area contributed by atoms with Crippen molar-refractivity contribution < 1.29 is 9.13 Å². The Hall–Kier alpha value is -0.640. The van der Waals surface area contributed by atoms with Crippen LogP contribution in [0.3, 0.4) is 0 Å². The Morgan fingerprint density at radius 1 is 1.44 bits per heavy atom. The fourth-order valence-electron chi connectivity index (χ4n) is 1.41. The van der Waals surface area contributed by atoms with Crippen LogP contribution < -0.4 is 5.32 Å². The van der Waals surface area contributed by atoms with Gasteiger partial charge in [-0.2, -0.15) is 0 Å². The molecule has 0 fully saturated rings. The van der Waals surface area contributed by atoms with Gasteiger partial charge in [0.1, 0.15) is 5.82 Å². The summed E-state index contributed by atoms with van der Waals surface area (Å²) in [5, 5.41) is 3.16. The lowest BCUT2D eigenvalue weighted by Gasteiger charge is -2.19. The average Bonchev–Trinajstić information content (AvgIpc) is 2.24. The van der Waals surface area contributed by atoms with E-state index in [9.17, 15) is 4.39 Å². The molecule has 0 aliphatic carbocycles. The van der Waals surface area contributed by atoms with Crippen LogP contribution in [0, 0.1) is 5.82 Å². The maximum atomic E-state index is 13.7. The summed E-state index contributed by atoms with van der Waals surface area (Å²) < 4.78 is 19.2. The lowest BCUT2D eigenvalue weighted by Crippen LogP contribution is -2.24. The Labute approximate surface area is 101 Å². The van der Waals surface area contributed by atoms with E-state index in [1.807, 2.05) is 13.8 Å². The molecule has 16 heavy (non-hydrogen) atoms. The fraction of sp³-hybridized carbons (Fsp3) is 0.500. The zero-order chi connectivity index (χ0) is 12.1. The first-order chi connectivity index (χ1) is 7.56. The molecular formula is C12H17ClFNO. The van der Waals surface area contributed by atoms with Crippen LogP contribution in [0.2, 0.25) is 5.02 Å². The SMILES string of the molecule is CNC(COC(C)C)c1cccc(Cl)c1F. The van der Waals surface area contributed by atoms with Gasteiger partial charge in [-0.05, 0) is 27.0 Å². The van der Waals surface area contributed by atoms with Gasteiger partial charge in [0.15, 0.2) is 0 Å². The van der Waals surface area contributed by atoms with Crippen LogP contribution in [-0.4, -0.2) is 19.8 Å². The third-order valence-electron chi connectivity index (χ3n) is 2.30. The van der Waals surface area contributed by atoms with E-state index in [-0.39, 0.29) is 23.0 Å². The minimum atomic E-state index is -0.379. The molecule has 0 heterocycles. The van der Waals surface area contributed by atoms with Gasteiger partial charge in [0.2, 0.25) is 0 Å². The van der Waals surface area contributed by atoms with Crippen LogP contribution >= 0.6 is 11.6 Å². The highest BCUT2D eigenvalue weighted by Crippen LogP contribution is 2.23. The first-order valence-electron chi connectivity index (χ1n) is 5.29. The highest BCUT2D eigenvalue weighted by Gasteiger charge is 2.16. The minimum absolute atomic E-state index is 0.123. The molecule has 0 amide bonds. The molecule has 1 atom stereocenters. The van der Waals surface area contributed by atoms with Gasteiger partial charge >= 0.3 is 0 Å². The zero-order valence-corrected chi connectivity index (χ0v) is 10.5. The highest BCUT2D eigenvalue weighted by molar-refractivity contribution is 6.30. The average molecular weight is 246 g/mol. The van der Waals surface area contributed by atoms with Crippen molar-refractivity contribution in [2.45, 2.75) is 26.0 Å². The molecule has 4 heteroatoms. The van der Waals surface area contributed by atoms with E-state index in [1.165, 1.54) is 6.07 Å². The van der Waals surface area contributed by atoms with Crippen molar-refractivity contribution in [2.75, 3.05) is 13.7 Å². The number of benzene rings is 1. The molecule has 90 valence electrons. The summed E-state index contributed by atoms with van der Waals surface area (Å²) >= 11 is 5.73. The molecule has 0 saturated heterocycles. The molecule has 1 aromatic rings. The summed E-state index contributed by atoms with van der Waals surface area (Å²) in [5.41, 5.74) is 0.538. The first kappa shape index (κ1) is 13.4. The summed E-state index contributed by atoms with van der Waals surface area (Å²) in [4.78, 5) is 0. The van der Waals surface area contributed by atoms with E-state index in [0.29, 0.717) is 12.2 Å². The standard InChI is InChI=1S/C12H17ClFNO/c1-8(2)16-7-11(15-3)9-5-4-6-10(13)12(9)14/h4-6,8,11,15H,7H2,1-3H3. The van der Waals surface area contributed by atoms with Gasteiger partial charge in [-0.15, -0.1) is 0 Å². The van der Waals surface area contributed by atoms with Gasteiger partial charge in [0, 0.05) is 5.56 Å². The molecular weight excluding hydrogens is 229 g/mol. The van der Waals surface area contributed by atoms with Gasteiger partial charge in [-0.25, -0.2) is 4.39 Å². The topological polar surface area (TPSA) is 21.3 Å². The van der Waals surface area contributed by atoms with Crippen molar-refractivity contribution in [3.8, 4) is 0 Å². The largest absolute Gasteiger partial charge is 0.377 e. The van der Waals surface area contributed by atoms with Gasteiger partial charge in [0.25, 0.3) is 0 Å². The molecule has 0 aliphatic rings. The van der Waals surface area contributed by atoms with Crippen molar-refractivity contribution in [3.63, 3.8) is 0 Å². The molecule has 0 aliphatic heterocycles. The summed E-state index contributed by atoms with van der Waals surface area (Å²) in [6, 6.07) is 4.81. The number of halogens is 2. The van der Waals surface area contributed by atoms with Gasteiger partial charge in [-0.1, -0.05) is 23.7 Å². The van der Waals surface area contributed by atoms with Crippen LogP contribution in [0.25, 0.3) is 0 Å². The van der Waals surface area contributed by atoms with Crippen molar-refractivity contribution in [3.05, 3.63) is 34.6 Å². The molecule has 1 aromatic carbocycles. The quantitative estimate of drug-likeness (QED) is 0.861. The van der Waals surface area contributed by atoms with Crippen LogP contribution in [0.4, 0.5) is 4.39 Å². The normalized spacial score (nSPS) is 13.1. The first-order valence-corrected chi connectivity index (χ1v) is 5.66. The summed E-state index contributed by atoms with van der Waals surface area (Å²) in [7, 11) is 1.77. The molecule has 1 N–H and O–H groups in total. The van der Waals surface area contributed by atoms with Gasteiger partial charge in [0.05, 0.1) is 23.8 Å². The monoisotopic (exact) mass is 245 g/mol. The summed E-state index contributed by atoms with van der Waals surface area (Å²) in [5.74, 6) is -0.379. The van der Waals surface area contributed by atoms with E-state index in [0.717, 1.165) is 0 Å². The van der Waals surface area contributed by atoms with E-state index >= 15 is 0 Å². The number of hydrogen-bond acceptors (Lipinski definition) is 2. The number of likely N-dealkylation sites (N-methyl/N-ethyl adjacent to an activating group) is 1. The third kappa shape index (κ3) is 3.44. The van der Waals surface area contributed by atoms with Gasteiger partial charge in [-0.3, -0.25) is 0 Å². The number of rotatable bonds is 5. The maximum absolute atomic E-state index is 13.7. The summed E-state index contributed by atoms with van der Waals surface area (Å²) in [6.45, 7) is 4.31. The Morgan fingerprint density at radius 2 is 2.12 bits per heavy atom. The molecule has 2 nitrogen and oxygen atoms in total. The highest BCUT2D eigenvalue weighted by atomic mass is 35.5. The van der Waals surface area contributed by atoms with E-state index in [4.69, 9.17) is 16.3 Å². The van der Waals surface area contributed by atoms with Gasteiger partial charge < -0.3 is 10.1 Å². The smallest absolute Gasteiger partial charge is 0.146 e. The van der Waals surface area contributed by atoms with Crippen molar-refractivity contribution >= 4 is 11.6 Å². The molecule has 0 radical (unpaired) electrons. The number of nitrogens with one attached hydrogen (secondary N) is 1. The van der Waals surface area contributed by atoms with Crippen LogP contribution in [0.5, 0.6) is 0 Å². The van der Waals surface area contributed by atoms with E-state index in [1.54, 1.807) is 19.2 Å². The second kappa shape index (κ2) is 6.18. The zero-order valence-electron chi connectivity index (χ0n) is 9.76. The Bertz CT molecular complexity index is 344. The Kier molecular flexibility index (Phi) is 5.19. The molecule has 1 unspecified atom stereocenters. The minimum Gasteiger partial charge on any atom is -0.377 e. The number of ether oxygens (including phenoxy) is 1. The predicted octanol–water partition coefficient (Wildman–Crippen LogP) is 3.16. The Morgan fingerprint density at radius 3 is 2.69 bits per heavy atom. The molecule has 1 rings (SSSR count).